The van der Waals surface area contributed by atoms with Gasteiger partial charge in [-0.15, -0.1) is 0 Å². The summed E-state index contributed by atoms with van der Waals surface area (Å²) in [6, 6.07) is 20.1. The van der Waals surface area contributed by atoms with E-state index in [2.05, 4.69) is 43.3 Å². The second kappa shape index (κ2) is 9.76. The fourth-order valence-corrected chi connectivity index (χ4v) is 4.02. The molecular weight excluding hydrogens is 376 g/mol. The highest BCUT2D eigenvalue weighted by molar-refractivity contribution is 5.37. The lowest BCUT2D eigenvalue weighted by molar-refractivity contribution is 0.0674. The van der Waals surface area contributed by atoms with Crippen molar-refractivity contribution in [1.82, 2.24) is 0 Å². The smallest absolute Gasteiger partial charge is 0.115 e. The molecule has 5 heteroatoms. The molecule has 0 unspecified atom stereocenters. The average Bonchev–Trinajstić information content (AvgIpc) is 2.81. The Labute approximate surface area is 178 Å². The van der Waals surface area contributed by atoms with Crippen LogP contribution in [0.15, 0.2) is 48.5 Å². The number of hydrogen-bond acceptors (Lipinski definition) is 5. The predicted octanol–water partition coefficient (Wildman–Crippen LogP) is 4.53. The Morgan fingerprint density at radius 1 is 0.700 bits per heavy atom. The molecule has 2 aliphatic rings. The van der Waals surface area contributed by atoms with Crippen molar-refractivity contribution in [3.05, 3.63) is 65.2 Å². The van der Waals surface area contributed by atoms with Crippen LogP contribution in [0.3, 0.4) is 0 Å². The minimum atomic E-state index is -0.425. The second-order valence-corrected chi connectivity index (χ2v) is 8.03. The quantitative estimate of drug-likeness (QED) is 0.795. The van der Waals surface area contributed by atoms with Crippen LogP contribution in [0.2, 0.25) is 0 Å². The van der Waals surface area contributed by atoms with Crippen molar-refractivity contribution in [3.63, 3.8) is 0 Å². The number of nitrogens with zero attached hydrogens (tertiary/aromatic N) is 2. The zero-order valence-electron chi connectivity index (χ0n) is 17.4. The molecule has 5 nitrogen and oxygen atoms in total. The van der Waals surface area contributed by atoms with Gasteiger partial charge in [-0.25, -0.2) is 0 Å². The molecule has 2 aromatic carbocycles. The van der Waals surface area contributed by atoms with Gasteiger partial charge in [-0.2, -0.15) is 10.5 Å². The van der Waals surface area contributed by atoms with Crippen LogP contribution in [0.4, 0.5) is 0 Å². The van der Waals surface area contributed by atoms with Gasteiger partial charge in [0.05, 0.1) is 23.0 Å². The summed E-state index contributed by atoms with van der Waals surface area (Å²) < 4.78 is 10.6. The summed E-state index contributed by atoms with van der Waals surface area (Å²) in [4.78, 5) is 0. The summed E-state index contributed by atoms with van der Waals surface area (Å²) in [6.07, 6.45) is 3.08. The van der Waals surface area contributed by atoms with Gasteiger partial charge in [0.2, 0.25) is 0 Å². The third-order valence-corrected chi connectivity index (χ3v) is 6.14. The Balaban J connectivity index is 0.000000171. The van der Waals surface area contributed by atoms with Crippen LogP contribution in [0.1, 0.15) is 42.4 Å². The molecule has 2 fully saturated rings. The fourth-order valence-electron chi connectivity index (χ4n) is 4.02. The first kappa shape index (κ1) is 21.8. The number of nitriles is 2. The molecule has 156 valence electrons. The zero-order chi connectivity index (χ0) is 21.5. The summed E-state index contributed by atoms with van der Waals surface area (Å²) in [5.74, 6) is 0.235. The molecule has 0 saturated carbocycles. The maximum absolute atomic E-state index is 9.36. The number of benzene rings is 2. The Morgan fingerprint density at radius 3 is 1.43 bits per heavy atom. The van der Waals surface area contributed by atoms with E-state index in [1.807, 2.05) is 12.1 Å². The average molecular weight is 405 g/mol. The highest BCUT2D eigenvalue weighted by Crippen LogP contribution is 2.35. The van der Waals surface area contributed by atoms with E-state index in [-0.39, 0.29) is 11.2 Å². The molecule has 30 heavy (non-hydrogen) atoms. The zero-order valence-corrected chi connectivity index (χ0v) is 17.4. The molecule has 1 N–H and O–H groups in total. The van der Waals surface area contributed by atoms with E-state index in [4.69, 9.17) is 9.47 Å². The minimum absolute atomic E-state index is 0.235. The lowest BCUT2D eigenvalue weighted by Crippen LogP contribution is -2.32. The lowest BCUT2D eigenvalue weighted by Gasteiger charge is -2.31. The van der Waals surface area contributed by atoms with E-state index in [0.29, 0.717) is 26.4 Å². The van der Waals surface area contributed by atoms with Gasteiger partial charge in [-0.1, -0.05) is 42.0 Å². The summed E-state index contributed by atoms with van der Waals surface area (Å²) in [5.41, 5.74) is 2.61. The van der Waals surface area contributed by atoms with Gasteiger partial charge in [-0.05, 0) is 55.9 Å². The highest BCUT2D eigenvalue weighted by Gasteiger charge is 2.35. The maximum Gasteiger partial charge on any atom is 0.115 e. The van der Waals surface area contributed by atoms with Crippen LogP contribution in [0.5, 0.6) is 5.75 Å². The number of hydrogen-bond donors (Lipinski definition) is 1. The minimum Gasteiger partial charge on any atom is -0.508 e. The molecule has 4 rings (SSSR count). The van der Waals surface area contributed by atoms with E-state index < -0.39 is 5.41 Å². The van der Waals surface area contributed by atoms with Crippen molar-refractivity contribution in [2.24, 2.45) is 0 Å². The van der Waals surface area contributed by atoms with Crippen LogP contribution >= 0.6 is 0 Å². The van der Waals surface area contributed by atoms with Crippen LogP contribution in [-0.2, 0) is 20.3 Å². The molecule has 0 amide bonds. The normalized spacial score (nSPS) is 19.4. The van der Waals surface area contributed by atoms with Gasteiger partial charge in [-0.3, -0.25) is 0 Å². The Kier molecular flexibility index (Phi) is 7.11. The standard InChI is InChI=1S/C13H15NO.C12H13NO2/c1-11-2-4-12(5-3-11)13(10-14)6-8-15-9-7-13;13-9-12(5-7-15-8-6-12)10-1-3-11(14)4-2-10/h2-5H,6-9H2,1H3;1-4,14H,5-8H2. The number of phenolic OH excluding ortho intramolecular Hbond substituents is 1. The molecule has 0 bridgehead atoms. The topological polar surface area (TPSA) is 86.3 Å². The van der Waals surface area contributed by atoms with E-state index >= 15 is 0 Å². The van der Waals surface area contributed by atoms with Gasteiger partial charge >= 0.3 is 0 Å². The Morgan fingerprint density at radius 2 is 1.07 bits per heavy atom. The number of aromatic hydroxyl groups is 1. The van der Waals surface area contributed by atoms with E-state index in [9.17, 15) is 15.6 Å². The second-order valence-electron chi connectivity index (χ2n) is 8.03. The van der Waals surface area contributed by atoms with Crippen molar-refractivity contribution >= 4 is 0 Å². The monoisotopic (exact) mass is 404 g/mol. The summed E-state index contributed by atoms with van der Waals surface area (Å²) >= 11 is 0. The van der Waals surface area contributed by atoms with Crippen molar-refractivity contribution in [1.29, 1.82) is 10.5 Å². The molecule has 0 atom stereocenters. The Hall–Kier alpha value is -2.86. The van der Waals surface area contributed by atoms with Crippen LogP contribution in [0.25, 0.3) is 0 Å². The number of aryl methyl sites for hydroxylation is 1. The first-order valence-corrected chi connectivity index (χ1v) is 10.4. The van der Waals surface area contributed by atoms with E-state index in [1.54, 1.807) is 12.1 Å². The lowest BCUT2D eigenvalue weighted by atomic mass is 9.75. The van der Waals surface area contributed by atoms with Crippen LogP contribution < -0.4 is 0 Å². The van der Waals surface area contributed by atoms with Crippen molar-refractivity contribution in [2.45, 2.75) is 43.4 Å². The summed E-state index contributed by atoms with van der Waals surface area (Å²) in [6.45, 7) is 4.72. The van der Waals surface area contributed by atoms with Crippen LogP contribution in [-0.4, -0.2) is 31.5 Å². The maximum atomic E-state index is 9.36. The first-order valence-electron chi connectivity index (χ1n) is 10.4. The summed E-state index contributed by atoms with van der Waals surface area (Å²) in [5, 5.41) is 27.9. The fraction of sp³-hybridized carbons (Fsp3) is 0.440. The molecule has 0 spiro atoms. The number of phenols is 1. The summed E-state index contributed by atoms with van der Waals surface area (Å²) in [7, 11) is 0. The third-order valence-electron chi connectivity index (χ3n) is 6.14. The van der Waals surface area contributed by atoms with Gasteiger partial charge < -0.3 is 14.6 Å². The SMILES string of the molecule is Cc1ccc(C2(C#N)CCOCC2)cc1.N#CC1(c2ccc(O)cc2)CCOCC1. The van der Waals surface area contributed by atoms with Gasteiger partial charge in [0.15, 0.2) is 0 Å². The molecule has 2 aliphatic heterocycles. The number of rotatable bonds is 2. The molecule has 2 saturated heterocycles. The van der Waals surface area contributed by atoms with Gasteiger partial charge in [0, 0.05) is 26.4 Å². The number of ether oxygens (including phenoxy) is 2. The van der Waals surface area contributed by atoms with Gasteiger partial charge in [0.1, 0.15) is 5.75 Å². The van der Waals surface area contributed by atoms with Crippen LogP contribution in [0, 0.1) is 29.6 Å². The molecule has 2 aromatic rings. The van der Waals surface area contributed by atoms with Gasteiger partial charge in [0.25, 0.3) is 0 Å². The van der Waals surface area contributed by atoms with E-state index in [1.165, 1.54) is 5.56 Å². The highest BCUT2D eigenvalue weighted by atomic mass is 16.5. The third kappa shape index (κ3) is 4.82. The molecular formula is C25H28N2O3. The predicted molar refractivity (Wildman–Crippen MR) is 114 cm³/mol. The molecule has 0 radical (unpaired) electrons. The van der Waals surface area contributed by atoms with Crippen molar-refractivity contribution < 1.29 is 14.6 Å². The molecule has 0 aromatic heterocycles. The van der Waals surface area contributed by atoms with Crippen molar-refractivity contribution in [2.75, 3.05) is 26.4 Å². The Bertz CT molecular complexity index is 818. The molecule has 0 aliphatic carbocycles. The van der Waals surface area contributed by atoms with E-state index in [0.717, 1.165) is 36.8 Å². The molecule has 2 heterocycles. The van der Waals surface area contributed by atoms with Crippen molar-refractivity contribution in [3.8, 4) is 17.9 Å². The first-order chi connectivity index (χ1) is 14.5. The largest absolute Gasteiger partial charge is 0.508 e.